The van der Waals surface area contributed by atoms with E-state index in [1.807, 2.05) is 4.90 Å². The van der Waals surface area contributed by atoms with Gasteiger partial charge >= 0.3 is 0 Å². The van der Waals surface area contributed by atoms with E-state index in [2.05, 4.69) is 5.32 Å². The molecular formula is C20H27FN2O3. The number of rotatable bonds is 6. The van der Waals surface area contributed by atoms with Gasteiger partial charge in [-0.1, -0.05) is 31.0 Å². The van der Waals surface area contributed by atoms with E-state index in [-0.39, 0.29) is 30.2 Å². The van der Waals surface area contributed by atoms with Crippen molar-refractivity contribution in [3.63, 3.8) is 0 Å². The number of halogens is 1. The molecule has 2 amide bonds. The van der Waals surface area contributed by atoms with Crippen LogP contribution in [0.15, 0.2) is 24.3 Å². The van der Waals surface area contributed by atoms with Gasteiger partial charge in [0.05, 0.1) is 12.0 Å². The molecule has 0 radical (unpaired) electrons. The van der Waals surface area contributed by atoms with Gasteiger partial charge in [-0.2, -0.15) is 0 Å². The predicted molar refractivity (Wildman–Crippen MR) is 95.8 cm³/mol. The Bertz CT molecular complexity index is 666. The first-order valence-electron chi connectivity index (χ1n) is 9.38. The Morgan fingerprint density at radius 3 is 2.92 bits per heavy atom. The molecule has 1 saturated heterocycles. The van der Waals surface area contributed by atoms with Crippen LogP contribution in [-0.2, 0) is 20.9 Å². The fourth-order valence-corrected chi connectivity index (χ4v) is 4.46. The SMILES string of the molecule is COCCN1C(=O)CC[C@]2(C(=O)NCc3ccccc3F)CCCC[C@@H]12. The summed E-state index contributed by atoms with van der Waals surface area (Å²) in [5.74, 6) is -0.266. The smallest absolute Gasteiger partial charge is 0.228 e. The van der Waals surface area contributed by atoms with E-state index >= 15 is 0 Å². The van der Waals surface area contributed by atoms with Crippen molar-refractivity contribution in [1.29, 1.82) is 0 Å². The minimum atomic E-state index is -0.564. The molecule has 0 unspecified atom stereocenters. The monoisotopic (exact) mass is 362 g/mol. The Balaban J connectivity index is 1.76. The average Bonchev–Trinajstić information content (AvgIpc) is 2.66. The standard InChI is InChI=1S/C20H27FN2O3/c1-26-13-12-23-17-8-4-5-10-20(17,11-9-18(23)24)19(25)22-14-15-6-2-3-7-16(15)21/h2-3,6-7,17H,4-5,8-14H2,1H3,(H,22,25)/t17-,20-/m1/s1. The molecule has 1 aromatic rings. The number of methoxy groups -OCH3 is 1. The van der Waals surface area contributed by atoms with Gasteiger partial charge in [-0.15, -0.1) is 0 Å². The number of carbonyl (C=O) groups excluding carboxylic acids is 2. The zero-order valence-electron chi connectivity index (χ0n) is 15.3. The molecule has 1 aliphatic carbocycles. The highest BCUT2D eigenvalue weighted by Gasteiger charge is 2.52. The minimum absolute atomic E-state index is 0.0552. The van der Waals surface area contributed by atoms with Crippen molar-refractivity contribution in [2.75, 3.05) is 20.3 Å². The molecule has 0 aromatic heterocycles. The molecule has 142 valence electrons. The highest BCUT2D eigenvalue weighted by atomic mass is 19.1. The molecule has 0 spiro atoms. The fourth-order valence-electron chi connectivity index (χ4n) is 4.46. The lowest BCUT2D eigenvalue weighted by molar-refractivity contribution is -0.156. The molecule has 2 fully saturated rings. The van der Waals surface area contributed by atoms with Crippen molar-refractivity contribution in [2.24, 2.45) is 5.41 Å². The van der Waals surface area contributed by atoms with Gasteiger partial charge in [-0.3, -0.25) is 9.59 Å². The summed E-state index contributed by atoms with van der Waals surface area (Å²) in [5, 5.41) is 2.94. The quantitative estimate of drug-likeness (QED) is 0.846. The van der Waals surface area contributed by atoms with Gasteiger partial charge in [0.15, 0.2) is 0 Å². The van der Waals surface area contributed by atoms with Crippen LogP contribution in [0.1, 0.15) is 44.1 Å². The number of hydrogen-bond acceptors (Lipinski definition) is 3. The zero-order valence-corrected chi connectivity index (χ0v) is 15.3. The molecule has 6 heteroatoms. The Kier molecular flexibility index (Phi) is 5.91. The van der Waals surface area contributed by atoms with Gasteiger partial charge in [0.1, 0.15) is 5.82 Å². The number of nitrogens with zero attached hydrogens (tertiary/aromatic N) is 1. The van der Waals surface area contributed by atoms with Gasteiger partial charge in [0, 0.05) is 38.2 Å². The maximum absolute atomic E-state index is 13.8. The van der Waals surface area contributed by atoms with Crippen LogP contribution in [0.5, 0.6) is 0 Å². The molecule has 1 saturated carbocycles. The first-order valence-corrected chi connectivity index (χ1v) is 9.38. The molecule has 2 aliphatic rings. The summed E-state index contributed by atoms with van der Waals surface area (Å²) in [6.07, 6.45) is 4.57. The third-order valence-corrected chi connectivity index (χ3v) is 5.86. The number of nitrogens with one attached hydrogen (secondary N) is 1. The fraction of sp³-hybridized carbons (Fsp3) is 0.600. The van der Waals surface area contributed by atoms with E-state index in [0.29, 0.717) is 31.6 Å². The molecule has 1 N–H and O–H groups in total. The second kappa shape index (κ2) is 8.16. The summed E-state index contributed by atoms with van der Waals surface area (Å²) in [6.45, 7) is 1.16. The highest BCUT2D eigenvalue weighted by molar-refractivity contribution is 5.88. The number of carbonyl (C=O) groups is 2. The summed E-state index contributed by atoms with van der Waals surface area (Å²) in [6, 6.07) is 6.39. The first-order chi connectivity index (χ1) is 12.6. The van der Waals surface area contributed by atoms with Crippen LogP contribution in [0, 0.1) is 11.2 Å². The molecule has 1 aromatic carbocycles. The van der Waals surface area contributed by atoms with Crippen LogP contribution in [0.25, 0.3) is 0 Å². The number of fused-ring (bicyclic) bond motifs is 1. The van der Waals surface area contributed by atoms with Crippen molar-refractivity contribution in [2.45, 2.75) is 51.1 Å². The Morgan fingerprint density at radius 1 is 1.35 bits per heavy atom. The molecule has 2 atom stereocenters. The normalized spacial score (nSPS) is 25.7. The number of likely N-dealkylation sites (tertiary alicyclic amines) is 1. The Morgan fingerprint density at radius 2 is 2.15 bits per heavy atom. The van der Waals surface area contributed by atoms with E-state index in [4.69, 9.17) is 4.74 Å². The largest absolute Gasteiger partial charge is 0.383 e. The van der Waals surface area contributed by atoms with E-state index < -0.39 is 5.41 Å². The Hall–Kier alpha value is -1.95. The number of amides is 2. The van der Waals surface area contributed by atoms with Crippen LogP contribution >= 0.6 is 0 Å². The van der Waals surface area contributed by atoms with Crippen LogP contribution in [0.2, 0.25) is 0 Å². The van der Waals surface area contributed by atoms with Gasteiger partial charge < -0.3 is 15.0 Å². The topological polar surface area (TPSA) is 58.6 Å². The molecule has 1 aliphatic heterocycles. The van der Waals surface area contributed by atoms with Crippen molar-refractivity contribution >= 4 is 11.8 Å². The molecule has 0 bridgehead atoms. The number of piperidine rings is 1. The highest BCUT2D eigenvalue weighted by Crippen LogP contribution is 2.46. The van der Waals surface area contributed by atoms with Crippen LogP contribution < -0.4 is 5.32 Å². The van der Waals surface area contributed by atoms with E-state index in [0.717, 1.165) is 25.7 Å². The second-order valence-electron chi connectivity index (χ2n) is 7.27. The van der Waals surface area contributed by atoms with E-state index in [1.165, 1.54) is 6.07 Å². The number of hydrogen-bond donors (Lipinski definition) is 1. The summed E-state index contributed by atoms with van der Waals surface area (Å²) >= 11 is 0. The van der Waals surface area contributed by atoms with Gasteiger partial charge in [-0.05, 0) is 25.3 Å². The summed E-state index contributed by atoms with van der Waals surface area (Å²) in [7, 11) is 1.61. The van der Waals surface area contributed by atoms with E-state index in [1.54, 1.807) is 25.3 Å². The molecule has 3 rings (SSSR count). The van der Waals surface area contributed by atoms with Crippen molar-refractivity contribution in [3.05, 3.63) is 35.6 Å². The van der Waals surface area contributed by atoms with Crippen LogP contribution in [-0.4, -0.2) is 43.0 Å². The van der Waals surface area contributed by atoms with Crippen molar-refractivity contribution in [1.82, 2.24) is 10.2 Å². The van der Waals surface area contributed by atoms with Crippen molar-refractivity contribution in [3.8, 4) is 0 Å². The van der Waals surface area contributed by atoms with Crippen LogP contribution in [0.3, 0.4) is 0 Å². The maximum Gasteiger partial charge on any atom is 0.228 e. The van der Waals surface area contributed by atoms with Crippen LogP contribution in [0.4, 0.5) is 4.39 Å². The lowest BCUT2D eigenvalue weighted by Crippen LogP contribution is -2.62. The minimum Gasteiger partial charge on any atom is -0.383 e. The average molecular weight is 362 g/mol. The summed E-state index contributed by atoms with van der Waals surface area (Å²) in [5.41, 5.74) is -0.0849. The summed E-state index contributed by atoms with van der Waals surface area (Å²) in [4.78, 5) is 27.4. The van der Waals surface area contributed by atoms with Gasteiger partial charge in [0.25, 0.3) is 0 Å². The number of ether oxygens (including phenoxy) is 1. The van der Waals surface area contributed by atoms with E-state index in [9.17, 15) is 14.0 Å². The third kappa shape index (κ3) is 3.61. The lowest BCUT2D eigenvalue weighted by Gasteiger charge is -2.51. The predicted octanol–water partition coefficient (Wildman–Crippen LogP) is 2.64. The summed E-state index contributed by atoms with van der Waals surface area (Å²) < 4.78 is 19.0. The van der Waals surface area contributed by atoms with Crippen molar-refractivity contribution < 1.29 is 18.7 Å². The van der Waals surface area contributed by atoms with Gasteiger partial charge in [-0.25, -0.2) is 4.39 Å². The molecule has 26 heavy (non-hydrogen) atoms. The lowest BCUT2D eigenvalue weighted by atomic mass is 9.64. The Labute approximate surface area is 153 Å². The maximum atomic E-state index is 13.8. The van der Waals surface area contributed by atoms with Gasteiger partial charge in [0.2, 0.25) is 11.8 Å². The second-order valence-corrected chi connectivity index (χ2v) is 7.27. The zero-order chi connectivity index (χ0) is 18.6. The molecule has 5 nitrogen and oxygen atoms in total. The number of benzene rings is 1. The third-order valence-electron chi connectivity index (χ3n) is 5.86. The molecule has 1 heterocycles. The molecular weight excluding hydrogens is 335 g/mol. The first kappa shape index (κ1) is 18.8.